The molecule has 5 nitrogen and oxygen atoms in total. The fraction of sp³-hybridized carbons (Fsp3) is 0.538. The molecule has 1 amide bonds. The summed E-state index contributed by atoms with van der Waals surface area (Å²) < 4.78 is 0. The van der Waals surface area contributed by atoms with E-state index in [1.54, 1.807) is 45.2 Å². The number of carbonyl (C=O) groups excluding carboxylic acids is 1. The van der Waals surface area contributed by atoms with Crippen LogP contribution in [-0.4, -0.2) is 22.5 Å². The first-order chi connectivity index (χ1) is 8.57. The van der Waals surface area contributed by atoms with Crippen molar-refractivity contribution in [1.82, 2.24) is 5.32 Å². The maximum absolute atomic E-state index is 12.3. The minimum absolute atomic E-state index is 0.374. The summed E-state index contributed by atoms with van der Waals surface area (Å²) in [6.45, 7) is 6.90. The Balaban J connectivity index is 2.94. The molecule has 1 rings (SSSR count). The van der Waals surface area contributed by atoms with Crippen LogP contribution in [0.3, 0.4) is 0 Å². The molecule has 0 spiro atoms. The average Bonchev–Trinajstić information content (AvgIpc) is 2.76. The molecule has 1 aromatic heterocycles. The first-order valence-electron chi connectivity index (χ1n) is 5.93. The second kappa shape index (κ2) is 5.30. The van der Waals surface area contributed by atoms with Crippen LogP contribution in [0.25, 0.3) is 0 Å². The number of nitrogens with two attached hydrogens (primary N) is 1. The molecule has 1 aromatic rings. The van der Waals surface area contributed by atoms with Crippen molar-refractivity contribution >= 4 is 23.2 Å². The zero-order valence-corrected chi connectivity index (χ0v) is 12.4. The summed E-state index contributed by atoms with van der Waals surface area (Å²) in [5.41, 5.74) is 4.35. The summed E-state index contributed by atoms with van der Waals surface area (Å²) in [5.74, 6) is -1.46. The van der Waals surface area contributed by atoms with E-state index in [1.807, 2.05) is 0 Å². The van der Waals surface area contributed by atoms with Gasteiger partial charge in [0.2, 0.25) is 5.91 Å². The molecule has 0 saturated carbocycles. The van der Waals surface area contributed by atoms with Crippen LogP contribution in [0, 0.1) is 5.41 Å². The lowest BCUT2D eigenvalue weighted by atomic mass is 9.74. The smallest absolute Gasteiger partial charge is 0.331 e. The molecule has 0 bridgehead atoms. The van der Waals surface area contributed by atoms with E-state index in [1.165, 1.54) is 11.3 Å². The van der Waals surface area contributed by atoms with Crippen molar-refractivity contribution in [1.29, 1.82) is 0 Å². The standard InChI is InChI=1S/C13H20N2O3S/c1-12(2,13(3,4)14)11(18)15-9(10(16)17)8-6-5-7-19-8/h5-7,9H,14H2,1-4H3,(H,15,18)(H,16,17). The summed E-state index contributed by atoms with van der Waals surface area (Å²) in [6.07, 6.45) is 0. The molecule has 1 heterocycles. The molecule has 4 N–H and O–H groups in total. The van der Waals surface area contributed by atoms with Crippen molar-refractivity contribution in [2.24, 2.45) is 11.1 Å². The summed E-state index contributed by atoms with van der Waals surface area (Å²) in [7, 11) is 0. The van der Waals surface area contributed by atoms with Gasteiger partial charge in [-0.3, -0.25) is 4.79 Å². The predicted octanol–water partition coefficient (Wildman–Crippen LogP) is 1.75. The third-order valence-electron chi connectivity index (χ3n) is 3.53. The first kappa shape index (κ1) is 15.7. The van der Waals surface area contributed by atoms with Gasteiger partial charge in [0, 0.05) is 10.4 Å². The first-order valence-corrected chi connectivity index (χ1v) is 6.81. The van der Waals surface area contributed by atoms with E-state index < -0.39 is 23.0 Å². The molecule has 0 fully saturated rings. The Morgan fingerprint density at radius 1 is 1.37 bits per heavy atom. The minimum atomic E-state index is -1.08. The summed E-state index contributed by atoms with van der Waals surface area (Å²) in [5, 5.41) is 13.6. The number of amides is 1. The van der Waals surface area contributed by atoms with Crippen LogP contribution in [0.5, 0.6) is 0 Å². The van der Waals surface area contributed by atoms with E-state index in [9.17, 15) is 14.7 Å². The van der Waals surface area contributed by atoms with Crippen LogP contribution in [-0.2, 0) is 9.59 Å². The Labute approximate surface area is 116 Å². The number of aliphatic carboxylic acids is 1. The number of thiophene rings is 1. The van der Waals surface area contributed by atoms with Crippen LogP contribution in [0.15, 0.2) is 17.5 Å². The average molecular weight is 284 g/mol. The van der Waals surface area contributed by atoms with E-state index in [4.69, 9.17) is 5.73 Å². The molecule has 0 radical (unpaired) electrons. The van der Waals surface area contributed by atoms with Crippen molar-refractivity contribution < 1.29 is 14.7 Å². The normalized spacial score (nSPS) is 13.9. The molecule has 0 aromatic carbocycles. The van der Waals surface area contributed by atoms with Gasteiger partial charge in [-0.15, -0.1) is 11.3 Å². The predicted molar refractivity (Wildman–Crippen MR) is 74.9 cm³/mol. The Morgan fingerprint density at radius 3 is 2.32 bits per heavy atom. The maximum atomic E-state index is 12.3. The molecular weight excluding hydrogens is 264 g/mol. The van der Waals surface area contributed by atoms with E-state index in [0.29, 0.717) is 4.88 Å². The monoisotopic (exact) mass is 284 g/mol. The number of hydrogen-bond donors (Lipinski definition) is 3. The third kappa shape index (κ3) is 3.33. The molecule has 0 aliphatic carbocycles. The number of carbonyl (C=O) groups is 2. The lowest BCUT2D eigenvalue weighted by molar-refractivity contribution is -0.144. The Hall–Kier alpha value is -1.40. The largest absolute Gasteiger partial charge is 0.479 e. The maximum Gasteiger partial charge on any atom is 0.331 e. The van der Waals surface area contributed by atoms with Crippen LogP contribution in [0.1, 0.15) is 38.6 Å². The molecule has 1 atom stereocenters. The minimum Gasteiger partial charge on any atom is -0.479 e. The fourth-order valence-corrected chi connectivity index (χ4v) is 2.08. The zero-order valence-electron chi connectivity index (χ0n) is 11.6. The van der Waals surface area contributed by atoms with Gasteiger partial charge < -0.3 is 16.2 Å². The van der Waals surface area contributed by atoms with Crippen LogP contribution >= 0.6 is 11.3 Å². The van der Waals surface area contributed by atoms with Crippen molar-refractivity contribution in [2.75, 3.05) is 0 Å². The van der Waals surface area contributed by atoms with Crippen LogP contribution in [0.4, 0.5) is 0 Å². The van der Waals surface area contributed by atoms with E-state index in [-0.39, 0.29) is 5.91 Å². The molecule has 6 heteroatoms. The highest BCUT2D eigenvalue weighted by Gasteiger charge is 2.42. The molecule has 106 valence electrons. The molecule has 0 saturated heterocycles. The summed E-state index contributed by atoms with van der Waals surface area (Å²) >= 11 is 1.29. The van der Waals surface area contributed by atoms with Gasteiger partial charge in [0.05, 0.1) is 5.41 Å². The Bertz CT molecular complexity index is 461. The van der Waals surface area contributed by atoms with Crippen LogP contribution < -0.4 is 11.1 Å². The molecule has 1 unspecified atom stereocenters. The Morgan fingerprint density at radius 2 is 1.95 bits per heavy atom. The second-order valence-electron chi connectivity index (χ2n) is 5.61. The van der Waals surface area contributed by atoms with Gasteiger partial charge in [0.1, 0.15) is 0 Å². The van der Waals surface area contributed by atoms with Crippen LogP contribution in [0.2, 0.25) is 0 Å². The highest BCUT2D eigenvalue weighted by Crippen LogP contribution is 2.30. The van der Waals surface area contributed by atoms with Crippen molar-refractivity contribution in [3.8, 4) is 0 Å². The number of rotatable bonds is 5. The van der Waals surface area contributed by atoms with Gasteiger partial charge in [-0.05, 0) is 39.1 Å². The van der Waals surface area contributed by atoms with E-state index >= 15 is 0 Å². The molecule has 0 aliphatic heterocycles. The number of hydrogen-bond acceptors (Lipinski definition) is 4. The highest BCUT2D eigenvalue weighted by molar-refractivity contribution is 7.10. The van der Waals surface area contributed by atoms with Gasteiger partial charge in [-0.2, -0.15) is 0 Å². The lowest BCUT2D eigenvalue weighted by Gasteiger charge is -2.37. The van der Waals surface area contributed by atoms with E-state index in [0.717, 1.165) is 0 Å². The number of carboxylic acids is 1. The third-order valence-corrected chi connectivity index (χ3v) is 4.47. The number of nitrogens with one attached hydrogen (secondary N) is 1. The van der Waals surface area contributed by atoms with Crippen molar-refractivity contribution in [3.05, 3.63) is 22.4 Å². The van der Waals surface area contributed by atoms with Gasteiger partial charge >= 0.3 is 5.97 Å². The van der Waals surface area contributed by atoms with Crippen molar-refractivity contribution in [3.63, 3.8) is 0 Å². The summed E-state index contributed by atoms with van der Waals surface area (Å²) in [6, 6.07) is 2.40. The van der Waals surface area contributed by atoms with E-state index in [2.05, 4.69) is 5.32 Å². The lowest BCUT2D eigenvalue weighted by Crippen LogP contribution is -2.56. The fourth-order valence-electron chi connectivity index (χ4n) is 1.31. The quantitative estimate of drug-likeness (QED) is 0.768. The summed E-state index contributed by atoms with van der Waals surface area (Å²) in [4.78, 5) is 24.1. The zero-order chi connectivity index (χ0) is 14.8. The van der Waals surface area contributed by atoms with Gasteiger partial charge in [0.15, 0.2) is 6.04 Å². The second-order valence-corrected chi connectivity index (χ2v) is 6.59. The number of carboxylic acid groups (broad SMARTS) is 1. The topological polar surface area (TPSA) is 92.4 Å². The van der Waals surface area contributed by atoms with Gasteiger partial charge in [-0.25, -0.2) is 4.79 Å². The van der Waals surface area contributed by atoms with Gasteiger partial charge in [0.25, 0.3) is 0 Å². The molecule has 0 aliphatic rings. The highest BCUT2D eigenvalue weighted by atomic mass is 32.1. The Kier molecular flexibility index (Phi) is 4.37. The SMILES string of the molecule is CC(C)(N)C(C)(C)C(=O)NC(C(=O)O)c1cccs1. The molecule has 19 heavy (non-hydrogen) atoms. The van der Waals surface area contributed by atoms with Gasteiger partial charge in [-0.1, -0.05) is 6.07 Å². The van der Waals surface area contributed by atoms with Crippen molar-refractivity contribution in [2.45, 2.75) is 39.3 Å². The molecular formula is C13H20N2O3S.